The van der Waals surface area contributed by atoms with Crippen molar-refractivity contribution >= 4 is 10.9 Å². The first-order valence-corrected chi connectivity index (χ1v) is 4.89. The van der Waals surface area contributed by atoms with E-state index in [4.69, 9.17) is 0 Å². The molecule has 1 unspecified atom stereocenters. The van der Waals surface area contributed by atoms with Crippen LogP contribution in [0.3, 0.4) is 0 Å². The third kappa shape index (κ3) is 1.35. The zero-order valence-corrected chi connectivity index (χ0v) is 8.17. The third-order valence-electron chi connectivity index (χ3n) is 2.77. The van der Waals surface area contributed by atoms with E-state index in [9.17, 15) is 0 Å². The van der Waals surface area contributed by atoms with Crippen molar-refractivity contribution in [2.45, 2.75) is 26.2 Å². The first-order valence-electron chi connectivity index (χ1n) is 4.89. The molecule has 1 atom stereocenters. The van der Waals surface area contributed by atoms with Crippen LogP contribution in [0.2, 0.25) is 0 Å². The van der Waals surface area contributed by atoms with Gasteiger partial charge >= 0.3 is 0 Å². The second-order valence-electron chi connectivity index (χ2n) is 3.60. The van der Waals surface area contributed by atoms with Gasteiger partial charge in [-0.1, -0.05) is 26.0 Å². The Bertz CT molecular complexity index is 400. The molecule has 1 N–H and O–H groups in total. The van der Waals surface area contributed by atoms with E-state index in [0.717, 1.165) is 0 Å². The van der Waals surface area contributed by atoms with Crippen LogP contribution in [-0.4, -0.2) is 4.98 Å². The Hall–Kier alpha value is -1.24. The minimum atomic E-state index is 0.652. The minimum Gasteiger partial charge on any atom is -0.361 e. The highest BCUT2D eigenvalue weighted by molar-refractivity contribution is 5.83. The van der Waals surface area contributed by atoms with Crippen molar-refractivity contribution in [2.24, 2.45) is 0 Å². The van der Waals surface area contributed by atoms with Gasteiger partial charge in [-0.25, -0.2) is 0 Å². The fraction of sp³-hybridized carbons (Fsp3) is 0.333. The molecule has 13 heavy (non-hydrogen) atoms. The van der Waals surface area contributed by atoms with Gasteiger partial charge in [0.15, 0.2) is 0 Å². The van der Waals surface area contributed by atoms with Crippen molar-refractivity contribution in [3.8, 4) is 0 Å². The number of rotatable bonds is 2. The molecule has 0 saturated carbocycles. The van der Waals surface area contributed by atoms with Crippen LogP contribution in [0.5, 0.6) is 0 Å². The van der Waals surface area contributed by atoms with E-state index < -0.39 is 0 Å². The number of fused-ring (bicyclic) bond motifs is 1. The predicted molar refractivity (Wildman–Crippen MR) is 57.0 cm³/mol. The molecule has 0 fully saturated rings. The molecule has 0 aliphatic carbocycles. The summed E-state index contributed by atoms with van der Waals surface area (Å²) in [5, 5.41) is 1.37. The summed E-state index contributed by atoms with van der Waals surface area (Å²) in [6.45, 7) is 4.51. The molecule has 0 radical (unpaired) electrons. The molecule has 2 rings (SSSR count). The number of hydrogen-bond acceptors (Lipinski definition) is 0. The molecular weight excluding hydrogens is 158 g/mol. The molecular formula is C12H15N. The minimum absolute atomic E-state index is 0.652. The first-order chi connectivity index (χ1) is 6.33. The van der Waals surface area contributed by atoms with Gasteiger partial charge in [0.05, 0.1) is 0 Å². The molecule has 0 saturated heterocycles. The summed E-state index contributed by atoms with van der Waals surface area (Å²) in [6.07, 6.45) is 3.21. The summed E-state index contributed by atoms with van der Waals surface area (Å²) in [7, 11) is 0. The van der Waals surface area contributed by atoms with Crippen LogP contribution in [0.1, 0.15) is 31.7 Å². The number of aromatic nitrogens is 1. The van der Waals surface area contributed by atoms with E-state index in [-0.39, 0.29) is 0 Å². The normalized spacial score (nSPS) is 13.4. The van der Waals surface area contributed by atoms with Crippen LogP contribution in [-0.2, 0) is 0 Å². The van der Waals surface area contributed by atoms with Gasteiger partial charge in [-0.15, -0.1) is 0 Å². The predicted octanol–water partition coefficient (Wildman–Crippen LogP) is 3.68. The van der Waals surface area contributed by atoms with E-state index in [1.54, 1.807) is 0 Å². The van der Waals surface area contributed by atoms with Gasteiger partial charge in [0.25, 0.3) is 0 Å². The molecule has 1 aromatic heterocycles. The van der Waals surface area contributed by atoms with Crippen molar-refractivity contribution in [2.75, 3.05) is 0 Å². The summed E-state index contributed by atoms with van der Waals surface area (Å²) in [6, 6.07) is 8.64. The van der Waals surface area contributed by atoms with Crippen LogP contribution >= 0.6 is 0 Å². The lowest BCUT2D eigenvalue weighted by atomic mass is 9.95. The van der Waals surface area contributed by atoms with Gasteiger partial charge in [-0.05, 0) is 30.0 Å². The van der Waals surface area contributed by atoms with Crippen LogP contribution in [0.25, 0.3) is 10.9 Å². The second kappa shape index (κ2) is 3.25. The lowest BCUT2D eigenvalue weighted by Crippen LogP contribution is -1.91. The summed E-state index contributed by atoms with van der Waals surface area (Å²) in [4.78, 5) is 3.24. The number of nitrogens with one attached hydrogen (secondary N) is 1. The van der Waals surface area contributed by atoms with Gasteiger partial charge in [0, 0.05) is 17.1 Å². The topological polar surface area (TPSA) is 15.8 Å². The van der Waals surface area contributed by atoms with E-state index in [1.165, 1.54) is 22.9 Å². The average Bonchev–Trinajstić information content (AvgIpc) is 2.63. The molecule has 1 aromatic carbocycles. The lowest BCUT2D eigenvalue weighted by molar-refractivity contribution is 0.740. The van der Waals surface area contributed by atoms with E-state index >= 15 is 0 Å². The molecule has 0 spiro atoms. The van der Waals surface area contributed by atoms with Crippen molar-refractivity contribution in [1.82, 2.24) is 4.98 Å². The standard InChI is InChI=1S/C12H15N/c1-3-9(2)10-5-4-6-12-11(10)7-8-13-12/h4-9,13H,3H2,1-2H3. The molecule has 0 aliphatic rings. The number of benzene rings is 1. The van der Waals surface area contributed by atoms with Crippen LogP contribution in [0, 0.1) is 0 Å². The highest BCUT2D eigenvalue weighted by atomic mass is 14.7. The smallest absolute Gasteiger partial charge is 0.0456 e. The van der Waals surface area contributed by atoms with Crippen LogP contribution < -0.4 is 0 Å². The zero-order valence-electron chi connectivity index (χ0n) is 8.17. The molecule has 0 amide bonds. The maximum Gasteiger partial charge on any atom is 0.0456 e. The maximum absolute atomic E-state index is 3.24. The summed E-state index contributed by atoms with van der Waals surface area (Å²) < 4.78 is 0. The quantitative estimate of drug-likeness (QED) is 0.713. The fourth-order valence-electron chi connectivity index (χ4n) is 1.76. The molecule has 68 valence electrons. The lowest BCUT2D eigenvalue weighted by Gasteiger charge is -2.09. The fourth-order valence-corrected chi connectivity index (χ4v) is 1.76. The molecule has 0 aliphatic heterocycles. The van der Waals surface area contributed by atoms with Crippen molar-refractivity contribution in [3.05, 3.63) is 36.0 Å². The highest BCUT2D eigenvalue weighted by Gasteiger charge is 2.06. The van der Waals surface area contributed by atoms with Gasteiger partial charge < -0.3 is 4.98 Å². The Morgan fingerprint density at radius 3 is 2.92 bits per heavy atom. The summed E-state index contributed by atoms with van der Waals surface area (Å²) in [5.41, 5.74) is 2.71. The van der Waals surface area contributed by atoms with Crippen molar-refractivity contribution in [3.63, 3.8) is 0 Å². The van der Waals surface area contributed by atoms with E-state index in [2.05, 4.69) is 43.1 Å². The van der Waals surface area contributed by atoms with Gasteiger partial charge in [-0.2, -0.15) is 0 Å². The highest BCUT2D eigenvalue weighted by Crippen LogP contribution is 2.26. The van der Waals surface area contributed by atoms with Crippen molar-refractivity contribution < 1.29 is 0 Å². The van der Waals surface area contributed by atoms with Crippen LogP contribution in [0.4, 0.5) is 0 Å². The SMILES string of the molecule is CCC(C)c1cccc2[nH]ccc12. The maximum atomic E-state index is 3.24. The second-order valence-corrected chi connectivity index (χ2v) is 3.60. The van der Waals surface area contributed by atoms with Crippen LogP contribution in [0.15, 0.2) is 30.5 Å². The van der Waals surface area contributed by atoms with Gasteiger partial charge in [0.2, 0.25) is 0 Å². The Kier molecular flexibility index (Phi) is 2.09. The molecule has 2 aromatic rings. The summed E-state index contributed by atoms with van der Waals surface area (Å²) in [5.74, 6) is 0.652. The molecule has 1 heterocycles. The van der Waals surface area contributed by atoms with Crippen molar-refractivity contribution in [1.29, 1.82) is 0 Å². The number of hydrogen-bond donors (Lipinski definition) is 1. The zero-order chi connectivity index (χ0) is 9.26. The molecule has 1 nitrogen and oxygen atoms in total. The number of H-pyrrole nitrogens is 1. The Morgan fingerprint density at radius 1 is 1.31 bits per heavy atom. The largest absolute Gasteiger partial charge is 0.361 e. The van der Waals surface area contributed by atoms with Gasteiger partial charge in [0.1, 0.15) is 0 Å². The Morgan fingerprint density at radius 2 is 2.15 bits per heavy atom. The molecule has 1 heteroatoms. The molecule has 0 bridgehead atoms. The Balaban J connectivity index is 2.60. The van der Waals surface area contributed by atoms with E-state index in [1.807, 2.05) is 6.20 Å². The third-order valence-corrected chi connectivity index (χ3v) is 2.77. The monoisotopic (exact) mass is 173 g/mol. The van der Waals surface area contributed by atoms with E-state index in [0.29, 0.717) is 5.92 Å². The average molecular weight is 173 g/mol. The Labute approximate surface area is 78.8 Å². The van der Waals surface area contributed by atoms with Gasteiger partial charge in [-0.3, -0.25) is 0 Å². The summed E-state index contributed by atoms with van der Waals surface area (Å²) >= 11 is 0. The number of aromatic amines is 1. The first kappa shape index (κ1) is 8.36.